The lowest BCUT2D eigenvalue weighted by atomic mass is 10.1. The molecule has 6 heteroatoms. The van der Waals surface area contributed by atoms with Crippen molar-refractivity contribution in [3.05, 3.63) is 64.5 Å². The first-order valence-electron chi connectivity index (χ1n) is 8.72. The Morgan fingerprint density at radius 1 is 1.22 bits per heavy atom. The predicted octanol–water partition coefficient (Wildman–Crippen LogP) is 4.19. The number of amides is 1. The fourth-order valence-corrected chi connectivity index (χ4v) is 3.91. The first kappa shape index (κ1) is 17.3. The van der Waals surface area contributed by atoms with E-state index in [1.165, 1.54) is 28.9 Å². The van der Waals surface area contributed by atoms with Gasteiger partial charge in [-0.1, -0.05) is 24.3 Å². The molecule has 0 bridgehead atoms. The van der Waals surface area contributed by atoms with Gasteiger partial charge in [-0.3, -0.25) is 10.1 Å². The Kier molecular flexibility index (Phi) is 4.86. The Labute approximate surface area is 161 Å². The smallest absolute Gasteiger partial charge is 0.264 e. The van der Waals surface area contributed by atoms with Crippen LogP contribution in [0.15, 0.2) is 47.8 Å². The van der Waals surface area contributed by atoms with E-state index < -0.39 is 0 Å². The van der Waals surface area contributed by atoms with E-state index >= 15 is 0 Å². The summed E-state index contributed by atoms with van der Waals surface area (Å²) < 4.78 is 5.45. The Bertz CT molecular complexity index is 1040. The van der Waals surface area contributed by atoms with Gasteiger partial charge in [0.05, 0.1) is 11.3 Å². The van der Waals surface area contributed by atoms with Gasteiger partial charge in [0.1, 0.15) is 11.8 Å². The SMILES string of the molecule is N#Cc1ccccc1OCC(=O)Nc1nc(-c2ccc3c(c2)CCC3)cs1. The molecule has 1 aliphatic rings. The number of carbonyl (C=O) groups excluding carboxylic acids is 1. The minimum atomic E-state index is -0.308. The number of anilines is 1. The number of para-hydroxylation sites is 1. The standard InChI is InChI=1S/C21H17N3O2S/c22-11-17-4-1-2-7-19(17)26-12-20(25)24-21-23-18(13-27-21)16-9-8-14-5-3-6-15(14)10-16/h1-2,4,7-10,13H,3,5-6,12H2,(H,23,24,25). The molecule has 0 spiro atoms. The van der Waals surface area contributed by atoms with E-state index in [0.29, 0.717) is 16.4 Å². The molecule has 0 saturated carbocycles. The minimum absolute atomic E-state index is 0.174. The van der Waals surface area contributed by atoms with Crippen LogP contribution in [0.25, 0.3) is 11.3 Å². The van der Waals surface area contributed by atoms with E-state index in [9.17, 15) is 4.79 Å². The lowest BCUT2D eigenvalue weighted by Gasteiger charge is -2.07. The van der Waals surface area contributed by atoms with Crippen molar-refractivity contribution < 1.29 is 9.53 Å². The van der Waals surface area contributed by atoms with Gasteiger partial charge in [-0.25, -0.2) is 4.98 Å². The van der Waals surface area contributed by atoms with Crippen LogP contribution in [0.2, 0.25) is 0 Å². The lowest BCUT2D eigenvalue weighted by molar-refractivity contribution is -0.118. The molecule has 3 aromatic rings. The van der Waals surface area contributed by atoms with Crippen LogP contribution >= 0.6 is 11.3 Å². The van der Waals surface area contributed by atoms with Crippen LogP contribution in [0.4, 0.5) is 5.13 Å². The zero-order valence-corrected chi connectivity index (χ0v) is 15.4. The second-order valence-corrected chi connectivity index (χ2v) is 7.18. The molecule has 1 aliphatic carbocycles. The highest BCUT2D eigenvalue weighted by atomic mass is 32.1. The molecule has 1 N–H and O–H groups in total. The first-order valence-corrected chi connectivity index (χ1v) is 9.60. The number of carbonyl (C=O) groups is 1. The number of rotatable bonds is 5. The third-order valence-electron chi connectivity index (χ3n) is 4.51. The maximum absolute atomic E-state index is 12.1. The van der Waals surface area contributed by atoms with E-state index in [1.807, 2.05) is 11.4 Å². The van der Waals surface area contributed by atoms with Gasteiger partial charge < -0.3 is 4.74 Å². The van der Waals surface area contributed by atoms with Crippen LogP contribution in [-0.2, 0) is 17.6 Å². The highest BCUT2D eigenvalue weighted by Gasteiger charge is 2.14. The van der Waals surface area contributed by atoms with E-state index in [-0.39, 0.29) is 12.5 Å². The normalized spacial score (nSPS) is 12.3. The number of nitriles is 1. The fourth-order valence-electron chi connectivity index (χ4n) is 3.18. The van der Waals surface area contributed by atoms with Crippen molar-refractivity contribution in [3.63, 3.8) is 0 Å². The highest BCUT2D eigenvalue weighted by Crippen LogP contribution is 2.30. The summed E-state index contributed by atoms with van der Waals surface area (Å²) in [6.45, 7) is -0.174. The van der Waals surface area contributed by atoms with Crippen LogP contribution in [0, 0.1) is 11.3 Å². The van der Waals surface area contributed by atoms with Gasteiger partial charge in [0, 0.05) is 10.9 Å². The summed E-state index contributed by atoms with van der Waals surface area (Å²) >= 11 is 1.38. The zero-order valence-electron chi connectivity index (χ0n) is 14.6. The molecule has 0 unspecified atom stereocenters. The topological polar surface area (TPSA) is 75.0 Å². The van der Waals surface area contributed by atoms with Gasteiger partial charge in [0.2, 0.25) is 0 Å². The molecule has 0 aliphatic heterocycles. The van der Waals surface area contributed by atoms with Crippen molar-refractivity contribution in [2.75, 3.05) is 11.9 Å². The van der Waals surface area contributed by atoms with Crippen molar-refractivity contribution in [2.45, 2.75) is 19.3 Å². The molecule has 0 atom stereocenters. The summed E-state index contributed by atoms with van der Waals surface area (Å²) in [6.07, 6.45) is 3.49. The third kappa shape index (κ3) is 3.83. The van der Waals surface area contributed by atoms with Gasteiger partial charge in [-0.15, -0.1) is 11.3 Å². The molecule has 2 aromatic carbocycles. The lowest BCUT2D eigenvalue weighted by Crippen LogP contribution is -2.20. The second-order valence-electron chi connectivity index (χ2n) is 6.32. The number of thiazole rings is 1. The molecule has 0 radical (unpaired) electrons. The maximum Gasteiger partial charge on any atom is 0.264 e. The van der Waals surface area contributed by atoms with Crippen molar-refractivity contribution >= 4 is 22.4 Å². The fraction of sp³-hybridized carbons (Fsp3) is 0.190. The van der Waals surface area contributed by atoms with Crippen LogP contribution < -0.4 is 10.1 Å². The van der Waals surface area contributed by atoms with Crippen LogP contribution in [0.1, 0.15) is 23.1 Å². The summed E-state index contributed by atoms with van der Waals surface area (Å²) in [5, 5.41) is 14.3. The van der Waals surface area contributed by atoms with Gasteiger partial charge >= 0.3 is 0 Å². The van der Waals surface area contributed by atoms with Crippen LogP contribution in [0.5, 0.6) is 5.75 Å². The zero-order chi connectivity index (χ0) is 18.6. The Balaban J connectivity index is 1.39. The number of benzene rings is 2. The van der Waals surface area contributed by atoms with E-state index in [2.05, 4.69) is 28.5 Å². The van der Waals surface area contributed by atoms with Crippen LogP contribution in [-0.4, -0.2) is 17.5 Å². The molecule has 27 heavy (non-hydrogen) atoms. The Morgan fingerprint density at radius 2 is 2.07 bits per heavy atom. The minimum Gasteiger partial charge on any atom is -0.482 e. The summed E-state index contributed by atoms with van der Waals surface area (Å²) in [7, 11) is 0. The Morgan fingerprint density at radius 3 is 2.96 bits per heavy atom. The number of hydrogen-bond donors (Lipinski definition) is 1. The molecule has 1 aromatic heterocycles. The van der Waals surface area contributed by atoms with E-state index in [0.717, 1.165) is 24.1 Å². The monoisotopic (exact) mass is 375 g/mol. The van der Waals surface area contributed by atoms with Crippen molar-refractivity contribution in [1.82, 2.24) is 4.98 Å². The summed E-state index contributed by atoms with van der Waals surface area (Å²) in [6, 6.07) is 15.3. The van der Waals surface area contributed by atoms with Gasteiger partial charge in [-0.2, -0.15) is 5.26 Å². The van der Waals surface area contributed by atoms with Gasteiger partial charge in [0.15, 0.2) is 11.7 Å². The molecule has 0 fully saturated rings. The number of hydrogen-bond acceptors (Lipinski definition) is 5. The maximum atomic E-state index is 12.1. The molecule has 0 saturated heterocycles. The number of aromatic nitrogens is 1. The van der Waals surface area contributed by atoms with Crippen molar-refractivity contribution in [2.24, 2.45) is 0 Å². The average Bonchev–Trinajstić information content (AvgIpc) is 3.35. The molecule has 1 heterocycles. The number of aryl methyl sites for hydroxylation is 2. The molecule has 5 nitrogen and oxygen atoms in total. The largest absolute Gasteiger partial charge is 0.482 e. The highest BCUT2D eigenvalue weighted by molar-refractivity contribution is 7.14. The van der Waals surface area contributed by atoms with E-state index in [1.54, 1.807) is 24.3 Å². The van der Waals surface area contributed by atoms with Gasteiger partial charge in [0.25, 0.3) is 5.91 Å². The molecular formula is C21H17N3O2S. The molecule has 134 valence electrons. The molecule has 4 rings (SSSR count). The average molecular weight is 375 g/mol. The van der Waals surface area contributed by atoms with Gasteiger partial charge in [-0.05, 0) is 48.6 Å². The third-order valence-corrected chi connectivity index (χ3v) is 5.27. The first-order chi connectivity index (χ1) is 13.2. The Hall–Kier alpha value is -3.17. The number of fused-ring (bicyclic) bond motifs is 1. The summed E-state index contributed by atoms with van der Waals surface area (Å²) in [4.78, 5) is 16.6. The summed E-state index contributed by atoms with van der Waals surface area (Å²) in [5.41, 5.74) is 5.17. The van der Waals surface area contributed by atoms with Crippen molar-refractivity contribution in [1.29, 1.82) is 5.26 Å². The number of nitrogens with zero attached hydrogens (tertiary/aromatic N) is 2. The van der Waals surface area contributed by atoms with Crippen LogP contribution in [0.3, 0.4) is 0 Å². The predicted molar refractivity (Wildman–Crippen MR) is 105 cm³/mol. The molecular weight excluding hydrogens is 358 g/mol. The number of ether oxygens (including phenoxy) is 1. The summed E-state index contributed by atoms with van der Waals surface area (Å²) in [5.74, 6) is 0.0886. The number of nitrogens with one attached hydrogen (secondary N) is 1. The molecule has 1 amide bonds. The van der Waals surface area contributed by atoms with Crippen molar-refractivity contribution in [3.8, 4) is 23.1 Å². The second kappa shape index (κ2) is 7.60. The quantitative estimate of drug-likeness (QED) is 0.726. The van der Waals surface area contributed by atoms with E-state index in [4.69, 9.17) is 10.00 Å².